The molecule has 0 bridgehead atoms. The van der Waals surface area contributed by atoms with Crippen LogP contribution in [0.1, 0.15) is 44.6 Å². The van der Waals surface area contributed by atoms with Crippen molar-refractivity contribution in [2.45, 2.75) is 39.0 Å². The van der Waals surface area contributed by atoms with Gasteiger partial charge in [0.2, 0.25) is 5.91 Å². The first-order valence-electron chi connectivity index (χ1n) is 12.4. The fourth-order valence-corrected chi connectivity index (χ4v) is 5.00. The second-order valence-corrected chi connectivity index (χ2v) is 9.20. The molecule has 0 fully saturated rings. The molecule has 1 N–H and O–H groups in total. The van der Waals surface area contributed by atoms with Gasteiger partial charge in [-0.3, -0.25) is 4.79 Å². The summed E-state index contributed by atoms with van der Waals surface area (Å²) in [6.07, 6.45) is 11.6. The van der Waals surface area contributed by atoms with Gasteiger partial charge in [-0.2, -0.15) is 0 Å². The molecule has 1 aliphatic carbocycles. The summed E-state index contributed by atoms with van der Waals surface area (Å²) in [4.78, 5) is 12.7. The number of carbonyl (C=O) groups is 1. The van der Waals surface area contributed by atoms with Crippen molar-refractivity contribution in [1.29, 1.82) is 0 Å². The Bertz CT molecular complexity index is 1440. The van der Waals surface area contributed by atoms with Gasteiger partial charge in [0.05, 0.1) is 13.4 Å². The average molecular weight is 466 g/mol. The van der Waals surface area contributed by atoms with Crippen LogP contribution in [-0.4, -0.2) is 19.6 Å². The molecule has 0 aliphatic heterocycles. The molecule has 3 aromatic carbocycles. The Morgan fingerprint density at radius 2 is 1.91 bits per heavy atom. The van der Waals surface area contributed by atoms with Gasteiger partial charge in [0.15, 0.2) is 0 Å². The highest BCUT2D eigenvalue weighted by Gasteiger charge is 2.16. The van der Waals surface area contributed by atoms with Crippen molar-refractivity contribution in [2.75, 3.05) is 13.7 Å². The summed E-state index contributed by atoms with van der Waals surface area (Å²) in [6, 6.07) is 18.6. The summed E-state index contributed by atoms with van der Waals surface area (Å²) in [5.74, 6) is 0.604. The zero-order valence-corrected chi connectivity index (χ0v) is 20.4. The van der Waals surface area contributed by atoms with E-state index in [9.17, 15) is 4.79 Å². The summed E-state index contributed by atoms with van der Waals surface area (Å²) in [5.41, 5.74) is 6.10. The van der Waals surface area contributed by atoms with E-state index in [0.29, 0.717) is 12.3 Å². The van der Waals surface area contributed by atoms with Crippen molar-refractivity contribution in [3.8, 4) is 16.9 Å². The van der Waals surface area contributed by atoms with E-state index in [0.717, 1.165) is 46.1 Å². The summed E-state index contributed by atoms with van der Waals surface area (Å²) >= 11 is 0. The summed E-state index contributed by atoms with van der Waals surface area (Å²) in [6.45, 7) is 2.61. The lowest BCUT2D eigenvalue weighted by molar-refractivity contribution is -0.116. The van der Waals surface area contributed by atoms with Crippen molar-refractivity contribution in [1.82, 2.24) is 5.32 Å². The standard InChI is InChI=1S/C31H31NO3/c1-21(17-31(33)32-16-15-22-9-4-3-5-10-22)26-18-27-28(20-35-30(27)19-29(26)34-2)25-14-8-12-23-11-6-7-13-24(23)25/h6-9,11-14,17-20H,3-5,10,15-16H2,1-2H3,(H,32,33)/b21-17+. The van der Waals surface area contributed by atoms with E-state index in [4.69, 9.17) is 9.15 Å². The third-order valence-electron chi connectivity index (χ3n) is 6.88. The van der Waals surface area contributed by atoms with E-state index in [1.807, 2.05) is 19.1 Å². The van der Waals surface area contributed by atoms with Crippen LogP contribution in [0.25, 0.3) is 38.4 Å². The fourth-order valence-electron chi connectivity index (χ4n) is 5.00. The van der Waals surface area contributed by atoms with Gasteiger partial charge >= 0.3 is 0 Å². The SMILES string of the molecule is COc1cc2occ(-c3cccc4ccccc34)c2cc1/C(C)=C/C(=O)NCCC1=CCCCC1. The number of fused-ring (bicyclic) bond motifs is 2. The normalized spacial score (nSPS) is 14.2. The molecule has 1 heterocycles. The van der Waals surface area contributed by atoms with E-state index in [1.54, 1.807) is 19.4 Å². The van der Waals surface area contributed by atoms with E-state index in [-0.39, 0.29) is 5.91 Å². The molecule has 5 rings (SSSR count). The molecule has 0 atom stereocenters. The highest BCUT2D eigenvalue weighted by molar-refractivity contribution is 6.06. The quantitative estimate of drug-likeness (QED) is 0.225. The van der Waals surface area contributed by atoms with Gasteiger partial charge in [0.25, 0.3) is 0 Å². The molecule has 4 nitrogen and oxygen atoms in total. The van der Waals surface area contributed by atoms with Gasteiger partial charge < -0.3 is 14.5 Å². The zero-order valence-electron chi connectivity index (χ0n) is 20.4. The third-order valence-corrected chi connectivity index (χ3v) is 6.88. The Balaban J connectivity index is 1.44. The smallest absolute Gasteiger partial charge is 0.244 e. The second kappa shape index (κ2) is 10.2. The first-order chi connectivity index (χ1) is 17.1. The lowest BCUT2D eigenvalue weighted by Gasteiger charge is -2.13. The number of ether oxygens (including phenoxy) is 1. The first-order valence-corrected chi connectivity index (χ1v) is 12.4. The molecular formula is C31H31NO3. The number of nitrogens with one attached hydrogen (secondary N) is 1. The van der Waals surface area contributed by atoms with Gasteiger partial charge in [-0.25, -0.2) is 0 Å². The molecule has 1 amide bonds. The lowest BCUT2D eigenvalue weighted by Crippen LogP contribution is -2.23. The Kier molecular flexibility index (Phi) is 6.71. The van der Waals surface area contributed by atoms with Crippen molar-refractivity contribution < 1.29 is 13.9 Å². The number of methoxy groups -OCH3 is 1. The van der Waals surface area contributed by atoms with E-state index >= 15 is 0 Å². The topological polar surface area (TPSA) is 51.5 Å². The lowest BCUT2D eigenvalue weighted by atomic mass is 9.96. The Labute approximate surface area is 206 Å². The molecule has 1 aliphatic rings. The van der Waals surface area contributed by atoms with Crippen LogP contribution in [0.2, 0.25) is 0 Å². The van der Waals surface area contributed by atoms with E-state index in [2.05, 4.69) is 53.9 Å². The maximum Gasteiger partial charge on any atom is 0.244 e. The van der Waals surface area contributed by atoms with Crippen LogP contribution in [0.15, 0.2) is 83.0 Å². The van der Waals surface area contributed by atoms with Gasteiger partial charge in [0.1, 0.15) is 11.3 Å². The molecule has 0 saturated carbocycles. The predicted molar refractivity (Wildman–Crippen MR) is 144 cm³/mol. The number of amides is 1. The molecule has 4 aromatic rings. The van der Waals surface area contributed by atoms with Gasteiger partial charge in [-0.1, -0.05) is 54.1 Å². The Morgan fingerprint density at radius 3 is 2.74 bits per heavy atom. The van der Waals surface area contributed by atoms with Gasteiger partial charge in [-0.05, 0) is 67.0 Å². The molecular weight excluding hydrogens is 434 g/mol. The van der Waals surface area contributed by atoms with Crippen LogP contribution in [0.5, 0.6) is 5.75 Å². The summed E-state index contributed by atoms with van der Waals surface area (Å²) < 4.78 is 11.6. The molecule has 4 heteroatoms. The van der Waals surface area contributed by atoms with E-state index in [1.165, 1.54) is 35.6 Å². The van der Waals surface area contributed by atoms with Crippen LogP contribution >= 0.6 is 0 Å². The highest BCUT2D eigenvalue weighted by Crippen LogP contribution is 2.39. The van der Waals surface area contributed by atoms with E-state index < -0.39 is 0 Å². The highest BCUT2D eigenvalue weighted by atomic mass is 16.5. The minimum Gasteiger partial charge on any atom is -0.496 e. The molecule has 0 unspecified atom stereocenters. The van der Waals surface area contributed by atoms with Crippen LogP contribution in [0.4, 0.5) is 0 Å². The Morgan fingerprint density at radius 1 is 1.06 bits per heavy atom. The van der Waals surface area contributed by atoms with Crippen LogP contribution in [0, 0.1) is 0 Å². The molecule has 0 spiro atoms. The summed E-state index contributed by atoms with van der Waals surface area (Å²) in [5, 5.41) is 6.40. The molecule has 35 heavy (non-hydrogen) atoms. The average Bonchev–Trinajstić information content (AvgIpc) is 3.30. The number of benzene rings is 3. The van der Waals surface area contributed by atoms with Crippen LogP contribution < -0.4 is 10.1 Å². The summed E-state index contributed by atoms with van der Waals surface area (Å²) in [7, 11) is 1.64. The number of rotatable bonds is 7. The van der Waals surface area contributed by atoms with Crippen molar-refractivity contribution in [3.63, 3.8) is 0 Å². The van der Waals surface area contributed by atoms with Crippen molar-refractivity contribution >= 4 is 33.2 Å². The predicted octanol–water partition coefficient (Wildman–Crippen LogP) is 7.67. The third kappa shape index (κ3) is 4.88. The molecule has 0 saturated heterocycles. The molecule has 1 aromatic heterocycles. The number of hydrogen-bond acceptors (Lipinski definition) is 3. The van der Waals surface area contributed by atoms with Crippen molar-refractivity contribution in [2.24, 2.45) is 0 Å². The number of furan rings is 1. The number of hydrogen-bond donors (Lipinski definition) is 1. The molecule has 178 valence electrons. The minimum absolute atomic E-state index is 0.0810. The van der Waals surface area contributed by atoms with Crippen LogP contribution in [0.3, 0.4) is 0 Å². The maximum absolute atomic E-state index is 12.7. The van der Waals surface area contributed by atoms with Gasteiger partial charge in [0, 0.05) is 35.2 Å². The van der Waals surface area contributed by atoms with Gasteiger partial charge in [-0.15, -0.1) is 0 Å². The number of carbonyl (C=O) groups excluding carboxylic acids is 1. The second-order valence-electron chi connectivity index (χ2n) is 9.20. The largest absolute Gasteiger partial charge is 0.496 e. The van der Waals surface area contributed by atoms with Crippen molar-refractivity contribution in [3.05, 3.63) is 84.1 Å². The van der Waals surface area contributed by atoms with Crippen LogP contribution in [-0.2, 0) is 4.79 Å². The Hall–Kier alpha value is -3.79. The number of allylic oxidation sites excluding steroid dienone is 2. The monoisotopic (exact) mass is 465 g/mol. The molecule has 0 radical (unpaired) electrons. The fraction of sp³-hybridized carbons (Fsp3) is 0.258. The minimum atomic E-state index is -0.0810. The zero-order chi connectivity index (χ0) is 24.2. The first kappa shape index (κ1) is 23.0. The maximum atomic E-state index is 12.7.